The van der Waals surface area contributed by atoms with Gasteiger partial charge in [-0.3, -0.25) is 0 Å². The van der Waals surface area contributed by atoms with Crippen LogP contribution in [-0.4, -0.2) is 65.9 Å². The van der Waals surface area contributed by atoms with Crippen molar-refractivity contribution in [2.24, 2.45) is 5.73 Å². The second kappa shape index (κ2) is 13.8. The van der Waals surface area contributed by atoms with Gasteiger partial charge in [0.05, 0.1) is 58.5 Å². The van der Waals surface area contributed by atoms with Gasteiger partial charge >= 0.3 is 0 Å². The summed E-state index contributed by atoms with van der Waals surface area (Å²) in [6.45, 7) is 6.68. The zero-order chi connectivity index (χ0) is 21.6. The van der Waals surface area contributed by atoms with E-state index in [2.05, 4.69) is 53.1 Å². The van der Waals surface area contributed by atoms with Crippen LogP contribution in [0.3, 0.4) is 0 Å². The lowest BCUT2D eigenvalue weighted by Crippen LogP contribution is -2.29. The van der Waals surface area contributed by atoms with Crippen molar-refractivity contribution in [3.63, 3.8) is 0 Å². The average Bonchev–Trinajstić information content (AvgIpc) is 2.79. The van der Waals surface area contributed by atoms with Crippen LogP contribution < -0.4 is 10.6 Å². The molecule has 0 fully saturated rings. The summed E-state index contributed by atoms with van der Waals surface area (Å²) in [6.07, 6.45) is 0. The van der Waals surface area contributed by atoms with Gasteiger partial charge in [0.2, 0.25) is 0 Å². The van der Waals surface area contributed by atoms with Crippen molar-refractivity contribution in [1.82, 2.24) is 0 Å². The maximum Gasteiger partial charge on any atom is 0.0701 e. The fourth-order valence-corrected chi connectivity index (χ4v) is 3.28. The molecular weight excluding hydrogens is 392 g/mol. The highest BCUT2D eigenvalue weighted by Crippen LogP contribution is 2.24. The van der Waals surface area contributed by atoms with Crippen LogP contribution in [0, 0.1) is 11.8 Å². The SMILES string of the molecule is NCCOCCOCCOCCOCCN1Cc2ccccc2C#Cc2ccccc21. The third kappa shape index (κ3) is 7.98. The lowest BCUT2D eigenvalue weighted by atomic mass is 10.0. The van der Waals surface area contributed by atoms with Crippen molar-refractivity contribution < 1.29 is 18.9 Å². The lowest BCUT2D eigenvalue weighted by molar-refractivity contribution is -0.000275. The van der Waals surface area contributed by atoms with Crippen molar-refractivity contribution >= 4 is 5.69 Å². The molecule has 2 aromatic rings. The molecule has 1 aliphatic rings. The van der Waals surface area contributed by atoms with E-state index in [0.29, 0.717) is 59.4 Å². The third-order valence-electron chi connectivity index (χ3n) is 4.84. The molecule has 0 amide bonds. The average molecular weight is 425 g/mol. The molecule has 0 aromatic heterocycles. The van der Waals surface area contributed by atoms with Crippen LogP contribution in [0.2, 0.25) is 0 Å². The first-order chi connectivity index (χ1) is 15.4. The Balaban J connectivity index is 1.36. The fourth-order valence-electron chi connectivity index (χ4n) is 3.28. The summed E-state index contributed by atoms with van der Waals surface area (Å²) in [5.41, 5.74) is 9.87. The minimum absolute atomic E-state index is 0.536. The van der Waals surface area contributed by atoms with Crippen molar-refractivity contribution in [1.29, 1.82) is 0 Å². The summed E-state index contributed by atoms with van der Waals surface area (Å²) in [5.74, 6) is 6.64. The predicted octanol–water partition coefficient (Wildman–Crippen LogP) is 2.43. The van der Waals surface area contributed by atoms with Gasteiger partial charge in [0.25, 0.3) is 0 Å². The van der Waals surface area contributed by atoms with Crippen LogP contribution >= 0.6 is 0 Å². The highest BCUT2D eigenvalue weighted by Gasteiger charge is 2.14. The van der Waals surface area contributed by atoms with Gasteiger partial charge in [0, 0.05) is 30.8 Å². The molecule has 6 nitrogen and oxygen atoms in total. The largest absolute Gasteiger partial charge is 0.378 e. The summed E-state index contributed by atoms with van der Waals surface area (Å²) >= 11 is 0. The molecular formula is C25H32N2O4. The normalized spacial score (nSPS) is 12.4. The molecule has 2 aromatic carbocycles. The van der Waals surface area contributed by atoms with Crippen molar-refractivity contribution in [3.05, 3.63) is 65.2 Å². The Labute approximate surface area is 185 Å². The highest BCUT2D eigenvalue weighted by atomic mass is 16.6. The maximum atomic E-state index is 5.81. The van der Waals surface area contributed by atoms with Crippen LogP contribution in [0.5, 0.6) is 0 Å². The Hall–Kier alpha value is -2.40. The molecule has 1 heterocycles. The third-order valence-corrected chi connectivity index (χ3v) is 4.84. The molecule has 0 saturated carbocycles. The number of nitrogens with two attached hydrogens (primary N) is 1. The van der Waals surface area contributed by atoms with Gasteiger partial charge in [0.1, 0.15) is 0 Å². The number of para-hydroxylation sites is 1. The second-order valence-electron chi connectivity index (χ2n) is 7.08. The van der Waals surface area contributed by atoms with Gasteiger partial charge in [-0.15, -0.1) is 0 Å². The molecule has 1 aliphatic heterocycles. The van der Waals surface area contributed by atoms with Gasteiger partial charge < -0.3 is 29.6 Å². The number of fused-ring (bicyclic) bond motifs is 2. The number of hydrogen-bond acceptors (Lipinski definition) is 6. The first-order valence-corrected chi connectivity index (χ1v) is 10.8. The molecule has 0 unspecified atom stereocenters. The monoisotopic (exact) mass is 424 g/mol. The number of ether oxygens (including phenoxy) is 4. The molecule has 0 atom stereocenters. The van der Waals surface area contributed by atoms with E-state index in [1.54, 1.807) is 0 Å². The summed E-state index contributed by atoms with van der Waals surface area (Å²) in [4.78, 5) is 2.34. The Morgan fingerprint density at radius 2 is 1.23 bits per heavy atom. The molecule has 0 radical (unpaired) electrons. The number of rotatable bonds is 14. The van der Waals surface area contributed by atoms with Crippen LogP contribution in [0.1, 0.15) is 16.7 Å². The van der Waals surface area contributed by atoms with E-state index in [4.69, 9.17) is 24.7 Å². The van der Waals surface area contributed by atoms with E-state index in [-0.39, 0.29) is 0 Å². The Bertz CT molecular complexity index is 847. The molecule has 2 N–H and O–H groups in total. The maximum absolute atomic E-state index is 5.81. The van der Waals surface area contributed by atoms with Crippen LogP contribution in [0.25, 0.3) is 0 Å². The van der Waals surface area contributed by atoms with Gasteiger partial charge in [-0.05, 0) is 23.8 Å². The predicted molar refractivity (Wildman–Crippen MR) is 122 cm³/mol. The Morgan fingerprint density at radius 3 is 1.94 bits per heavy atom. The standard InChI is InChI=1S/C25H32N2O4/c26-11-13-28-15-17-30-19-20-31-18-16-29-14-12-27-21-24-7-2-1-5-22(24)9-10-23-6-3-4-8-25(23)27/h1-8H,11-21,26H2. The molecule has 0 bridgehead atoms. The molecule has 6 heteroatoms. The van der Waals surface area contributed by atoms with Crippen molar-refractivity contribution in [3.8, 4) is 11.8 Å². The first kappa shape index (κ1) is 23.3. The molecule has 166 valence electrons. The highest BCUT2D eigenvalue weighted by molar-refractivity contribution is 5.64. The number of nitrogens with zero attached hydrogens (tertiary/aromatic N) is 1. The van der Waals surface area contributed by atoms with E-state index < -0.39 is 0 Å². The minimum atomic E-state index is 0.536. The summed E-state index contributed by atoms with van der Waals surface area (Å²) < 4.78 is 22.0. The van der Waals surface area contributed by atoms with Gasteiger partial charge in [-0.2, -0.15) is 0 Å². The summed E-state index contributed by atoms with van der Waals surface area (Å²) in [7, 11) is 0. The molecule has 0 aliphatic carbocycles. The number of hydrogen-bond donors (Lipinski definition) is 1. The zero-order valence-electron chi connectivity index (χ0n) is 18.1. The molecule has 0 spiro atoms. The Kier molecular flexibility index (Phi) is 10.4. The second-order valence-corrected chi connectivity index (χ2v) is 7.08. The van der Waals surface area contributed by atoms with Gasteiger partial charge in [-0.1, -0.05) is 42.2 Å². The van der Waals surface area contributed by atoms with Crippen LogP contribution in [0.4, 0.5) is 5.69 Å². The van der Waals surface area contributed by atoms with Gasteiger partial charge in [-0.25, -0.2) is 0 Å². The topological polar surface area (TPSA) is 66.2 Å². The fraction of sp³-hybridized carbons (Fsp3) is 0.440. The van der Waals surface area contributed by atoms with Crippen molar-refractivity contribution in [2.75, 3.05) is 70.8 Å². The number of anilines is 1. The Morgan fingerprint density at radius 1 is 0.677 bits per heavy atom. The van der Waals surface area contributed by atoms with Crippen LogP contribution in [0.15, 0.2) is 48.5 Å². The zero-order valence-corrected chi connectivity index (χ0v) is 18.1. The molecule has 0 saturated heterocycles. The van der Waals surface area contributed by atoms with Crippen LogP contribution in [-0.2, 0) is 25.5 Å². The number of benzene rings is 2. The van der Waals surface area contributed by atoms with E-state index >= 15 is 0 Å². The smallest absolute Gasteiger partial charge is 0.0701 e. The minimum Gasteiger partial charge on any atom is -0.378 e. The summed E-state index contributed by atoms with van der Waals surface area (Å²) in [6, 6.07) is 16.6. The summed E-state index contributed by atoms with van der Waals surface area (Å²) in [5, 5.41) is 0. The van der Waals surface area contributed by atoms with E-state index in [9.17, 15) is 0 Å². The van der Waals surface area contributed by atoms with Gasteiger partial charge in [0.15, 0.2) is 0 Å². The van der Waals surface area contributed by atoms with E-state index in [0.717, 1.165) is 29.9 Å². The lowest BCUT2D eigenvalue weighted by Gasteiger charge is -2.27. The first-order valence-electron chi connectivity index (χ1n) is 10.8. The molecule has 31 heavy (non-hydrogen) atoms. The van der Waals surface area contributed by atoms with E-state index in [1.165, 1.54) is 5.56 Å². The molecule has 3 rings (SSSR count). The van der Waals surface area contributed by atoms with Crippen molar-refractivity contribution in [2.45, 2.75) is 6.54 Å². The van der Waals surface area contributed by atoms with E-state index in [1.807, 2.05) is 12.1 Å². The quantitative estimate of drug-likeness (QED) is 0.371.